The van der Waals surface area contributed by atoms with Gasteiger partial charge in [-0.2, -0.15) is 0 Å². The minimum absolute atomic E-state index is 0.0407. The molecule has 0 radical (unpaired) electrons. The second kappa shape index (κ2) is 8.26. The van der Waals surface area contributed by atoms with E-state index in [1.165, 1.54) is 24.8 Å². The molecule has 0 unspecified atom stereocenters. The van der Waals surface area contributed by atoms with Crippen molar-refractivity contribution in [1.29, 1.82) is 0 Å². The van der Waals surface area contributed by atoms with Crippen molar-refractivity contribution in [1.82, 2.24) is 4.90 Å². The van der Waals surface area contributed by atoms with Crippen LogP contribution in [0.15, 0.2) is 48.5 Å². The van der Waals surface area contributed by atoms with Crippen LogP contribution in [-0.4, -0.2) is 43.4 Å². The zero-order valence-electron chi connectivity index (χ0n) is 19.3. The molecule has 3 nitrogen and oxygen atoms in total. The second-order valence-electron chi connectivity index (χ2n) is 10.7. The van der Waals surface area contributed by atoms with E-state index in [0.29, 0.717) is 30.3 Å². The Balaban J connectivity index is 1.47. The predicted octanol–water partition coefficient (Wildman–Crippen LogP) is 5.24. The largest absolute Gasteiger partial charge is 0.492 e. The van der Waals surface area contributed by atoms with Gasteiger partial charge in [-0.15, -0.1) is 0 Å². The van der Waals surface area contributed by atoms with Crippen molar-refractivity contribution >= 4 is 0 Å². The van der Waals surface area contributed by atoms with Crippen molar-refractivity contribution in [3.63, 3.8) is 0 Å². The van der Waals surface area contributed by atoms with Gasteiger partial charge in [0.2, 0.25) is 0 Å². The first kappa shape index (κ1) is 21.0. The fourth-order valence-electron chi connectivity index (χ4n) is 7.10. The molecule has 2 aromatic rings. The first-order valence-corrected chi connectivity index (χ1v) is 12.1. The van der Waals surface area contributed by atoms with E-state index in [2.05, 4.69) is 74.4 Å². The second-order valence-corrected chi connectivity index (χ2v) is 10.7. The van der Waals surface area contributed by atoms with Crippen LogP contribution in [0.25, 0.3) is 0 Å². The van der Waals surface area contributed by atoms with E-state index in [9.17, 15) is 5.11 Å². The molecule has 0 saturated heterocycles. The Morgan fingerprint density at radius 1 is 1.03 bits per heavy atom. The molecular weight excluding hydrogens is 382 g/mol. The maximum absolute atomic E-state index is 11.0. The average Bonchev–Trinajstić information content (AvgIpc) is 3.07. The van der Waals surface area contributed by atoms with E-state index >= 15 is 0 Å². The Bertz CT molecular complexity index is 907. The maximum Gasteiger partial charge on any atom is 0.119 e. The molecule has 0 aliphatic heterocycles. The topological polar surface area (TPSA) is 32.7 Å². The number of nitrogens with zero attached hydrogens (tertiary/aromatic N) is 1. The lowest BCUT2D eigenvalue weighted by atomic mass is 9.51. The van der Waals surface area contributed by atoms with Gasteiger partial charge in [-0.3, -0.25) is 0 Å². The number of aliphatic hydroxyl groups is 1. The van der Waals surface area contributed by atoms with Gasteiger partial charge in [-0.25, -0.2) is 0 Å². The van der Waals surface area contributed by atoms with Gasteiger partial charge in [-0.05, 0) is 104 Å². The van der Waals surface area contributed by atoms with Crippen LogP contribution in [0.2, 0.25) is 0 Å². The normalized spacial score (nSPS) is 34.2. The highest BCUT2D eigenvalue weighted by atomic mass is 16.5. The summed E-state index contributed by atoms with van der Waals surface area (Å²) in [5.41, 5.74) is 4.56. The van der Waals surface area contributed by atoms with E-state index in [1.54, 1.807) is 11.1 Å². The Labute approximate surface area is 187 Å². The zero-order chi connectivity index (χ0) is 21.6. The molecule has 3 aliphatic rings. The molecule has 2 saturated carbocycles. The fraction of sp³-hybridized carbons (Fsp3) is 0.571. The third-order valence-corrected chi connectivity index (χ3v) is 8.71. The number of hydrogen-bond acceptors (Lipinski definition) is 3. The number of aryl methyl sites for hydroxylation is 1. The monoisotopic (exact) mass is 419 g/mol. The van der Waals surface area contributed by atoms with Gasteiger partial charge in [0, 0.05) is 6.54 Å². The van der Waals surface area contributed by atoms with Gasteiger partial charge in [0.1, 0.15) is 12.4 Å². The van der Waals surface area contributed by atoms with Crippen LogP contribution in [0.1, 0.15) is 61.1 Å². The molecule has 5 rings (SSSR count). The summed E-state index contributed by atoms with van der Waals surface area (Å²) in [7, 11) is 4.14. The predicted molar refractivity (Wildman–Crippen MR) is 126 cm³/mol. The summed E-state index contributed by atoms with van der Waals surface area (Å²) in [6.07, 6.45) is 5.52. The first-order chi connectivity index (χ1) is 15.0. The molecule has 31 heavy (non-hydrogen) atoms. The van der Waals surface area contributed by atoms with Crippen molar-refractivity contribution < 1.29 is 9.84 Å². The molecule has 6 atom stereocenters. The van der Waals surface area contributed by atoms with Crippen molar-refractivity contribution in [2.24, 2.45) is 17.3 Å². The molecule has 0 amide bonds. The number of benzene rings is 2. The Kier molecular flexibility index (Phi) is 5.60. The summed E-state index contributed by atoms with van der Waals surface area (Å²) >= 11 is 0. The van der Waals surface area contributed by atoms with Gasteiger partial charge < -0.3 is 14.7 Å². The summed E-state index contributed by atoms with van der Waals surface area (Å²) in [6, 6.07) is 18.0. The van der Waals surface area contributed by atoms with Gasteiger partial charge >= 0.3 is 0 Å². The molecule has 3 heteroatoms. The molecule has 0 heterocycles. The van der Waals surface area contributed by atoms with Crippen LogP contribution < -0.4 is 4.74 Å². The number of fused-ring (bicyclic) bond motifs is 5. The summed E-state index contributed by atoms with van der Waals surface area (Å²) in [6.45, 7) is 4.00. The highest BCUT2D eigenvalue weighted by Crippen LogP contribution is 2.64. The highest BCUT2D eigenvalue weighted by molar-refractivity contribution is 5.40. The average molecular weight is 420 g/mol. The van der Waals surface area contributed by atoms with Crippen LogP contribution >= 0.6 is 0 Å². The van der Waals surface area contributed by atoms with Gasteiger partial charge in [0.15, 0.2) is 0 Å². The van der Waals surface area contributed by atoms with Crippen LogP contribution in [0.5, 0.6) is 5.75 Å². The third-order valence-electron chi connectivity index (χ3n) is 8.71. The molecule has 1 N–H and O–H groups in total. The smallest absolute Gasteiger partial charge is 0.119 e. The molecule has 0 spiro atoms. The van der Waals surface area contributed by atoms with E-state index in [1.807, 2.05) is 0 Å². The van der Waals surface area contributed by atoms with Crippen LogP contribution in [-0.2, 0) is 6.42 Å². The molecule has 0 aromatic heterocycles. The SMILES string of the molecule is CN(C)CCOc1ccc([C@H]2C[C@]3(C)[C@@H](O)CC[C@H]3[C@@H]3CCc4ccccc4[C@H]32)cc1. The summed E-state index contributed by atoms with van der Waals surface area (Å²) in [4.78, 5) is 2.14. The molecule has 2 fully saturated rings. The molecule has 3 aliphatic carbocycles. The minimum Gasteiger partial charge on any atom is -0.492 e. The first-order valence-electron chi connectivity index (χ1n) is 12.1. The Morgan fingerprint density at radius 3 is 2.58 bits per heavy atom. The van der Waals surface area contributed by atoms with Gasteiger partial charge in [0.05, 0.1) is 6.10 Å². The van der Waals surface area contributed by atoms with E-state index in [4.69, 9.17) is 4.74 Å². The van der Waals surface area contributed by atoms with E-state index < -0.39 is 0 Å². The summed E-state index contributed by atoms with van der Waals surface area (Å²) in [5.74, 6) is 3.29. The quantitative estimate of drug-likeness (QED) is 0.720. The Morgan fingerprint density at radius 2 is 1.81 bits per heavy atom. The molecule has 166 valence electrons. The van der Waals surface area contributed by atoms with E-state index in [-0.39, 0.29) is 11.5 Å². The van der Waals surface area contributed by atoms with E-state index in [0.717, 1.165) is 25.1 Å². The Hall–Kier alpha value is -1.84. The van der Waals surface area contributed by atoms with Crippen molar-refractivity contribution in [2.75, 3.05) is 27.2 Å². The fourth-order valence-corrected chi connectivity index (χ4v) is 7.10. The number of rotatable bonds is 5. The number of ether oxygens (including phenoxy) is 1. The molecule has 0 bridgehead atoms. The number of hydrogen-bond donors (Lipinski definition) is 1. The maximum atomic E-state index is 11.0. The third kappa shape index (κ3) is 3.70. The van der Waals surface area contributed by atoms with Crippen molar-refractivity contribution in [3.05, 3.63) is 65.2 Å². The van der Waals surface area contributed by atoms with Crippen molar-refractivity contribution in [2.45, 2.75) is 57.0 Å². The lowest BCUT2D eigenvalue weighted by Gasteiger charge is -2.54. The number of likely N-dealkylation sites (N-methyl/N-ethyl adjacent to an activating group) is 1. The van der Waals surface area contributed by atoms with Crippen LogP contribution in [0.3, 0.4) is 0 Å². The molecule has 2 aromatic carbocycles. The van der Waals surface area contributed by atoms with Crippen LogP contribution in [0.4, 0.5) is 0 Å². The zero-order valence-corrected chi connectivity index (χ0v) is 19.3. The number of aliphatic hydroxyl groups excluding tert-OH is 1. The highest BCUT2D eigenvalue weighted by Gasteiger charge is 2.57. The van der Waals surface area contributed by atoms with Gasteiger partial charge in [-0.1, -0.05) is 43.3 Å². The van der Waals surface area contributed by atoms with Gasteiger partial charge in [0.25, 0.3) is 0 Å². The van der Waals surface area contributed by atoms with Crippen LogP contribution in [0, 0.1) is 17.3 Å². The summed E-state index contributed by atoms with van der Waals surface area (Å²) in [5, 5.41) is 11.0. The minimum atomic E-state index is -0.160. The standard InChI is InChI=1S/C28H37NO2/c1-28-18-24(20-8-11-21(12-9-20)31-17-16-29(2)3)27-22-7-5-4-6-19(22)10-13-23(27)25(28)14-15-26(28)30/h4-9,11-12,23-27,30H,10,13-18H2,1-3H3/t23-,24+,25-,26-,27+,28-/m0/s1. The van der Waals surface area contributed by atoms with Crippen molar-refractivity contribution in [3.8, 4) is 5.75 Å². The molecular formula is C28H37NO2. The summed E-state index contributed by atoms with van der Waals surface area (Å²) < 4.78 is 5.95. The lowest BCUT2D eigenvalue weighted by molar-refractivity contribution is -0.0322. The lowest BCUT2D eigenvalue weighted by Crippen LogP contribution is -2.47.